The second-order valence-corrected chi connectivity index (χ2v) is 23.5. The predicted octanol–water partition coefficient (Wildman–Crippen LogP) is 21.6. The molecule has 366 valence electrons. The lowest BCUT2D eigenvalue weighted by molar-refractivity contribution is 0.572. The number of nitrogens with zero attached hydrogens (tertiary/aromatic N) is 2. The lowest BCUT2D eigenvalue weighted by Crippen LogP contribution is -2.11. The number of fused-ring (bicyclic) bond motifs is 15. The molecule has 4 heterocycles. The highest BCUT2D eigenvalue weighted by Crippen LogP contribution is 2.49. The molecule has 0 spiro atoms. The molecule has 0 aliphatic carbocycles. The van der Waals surface area contributed by atoms with Crippen LogP contribution in [0.15, 0.2) is 220 Å². The summed E-state index contributed by atoms with van der Waals surface area (Å²) >= 11 is 1.85. The van der Waals surface area contributed by atoms with Crippen LogP contribution >= 0.6 is 11.3 Å². The molecule has 0 radical (unpaired) electrons. The van der Waals surface area contributed by atoms with E-state index in [-0.39, 0.29) is 10.8 Å². The first-order chi connectivity index (χ1) is 36.9. The average Bonchev–Trinajstić information content (AvgIpc) is 4.20. The second kappa shape index (κ2) is 16.3. The van der Waals surface area contributed by atoms with Gasteiger partial charge in [-0.15, -0.1) is 11.3 Å². The van der Waals surface area contributed by atoms with E-state index in [4.69, 9.17) is 13.3 Å². The van der Waals surface area contributed by atoms with E-state index in [1.807, 2.05) is 11.3 Å². The summed E-state index contributed by atoms with van der Waals surface area (Å²) in [4.78, 5) is 4.66. The number of rotatable bonds is 6. The third-order valence-electron chi connectivity index (χ3n) is 15.6. The van der Waals surface area contributed by atoms with Crippen molar-refractivity contribution >= 4 is 153 Å². The standard InChI is InChI=1S/C70H52N2O3S/c1-69(2,3)56-25-13-21-49-51-23-15-27-58(66(51)74-64(49)56)71(45-17-9-7-10-18-45)47-32-30-42-38-55-61(39-43(42)35-47)73-60-34-33-53-54-37-41-29-31-48(36-44(41)40-62(54)76-68(53)63(55)60)72(46-19-11-8-12-20-46)59-28-16-24-52-50-22-14-26-57(70(4,5)6)65(50)75-67(52)59/h7-40H,1-6H3. The van der Waals surface area contributed by atoms with Crippen LogP contribution in [0.5, 0.6) is 0 Å². The fraction of sp³-hybridized carbons (Fsp3) is 0.114. The van der Waals surface area contributed by atoms with E-state index in [2.05, 4.69) is 258 Å². The molecule has 11 aromatic carbocycles. The average molecular weight is 1000 g/mol. The fourth-order valence-corrected chi connectivity index (χ4v) is 13.3. The van der Waals surface area contributed by atoms with Crippen LogP contribution in [0.3, 0.4) is 0 Å². The maximum Gasteiger partial charge on any atom is 0.159 e. The number of thiophene rings is 1. The van der Waals surface area contributed by atoms with Crippen LogP contribution in [-0.2, 0) is 10.8 Å². The zero-order chi connectivity index (χ0) is 51.2. The molecule has 0 atom stereocenters. The maximum atomic E-state index is 6.95. The molecule has 15 rings (SSSR count). The van der Waals surface area contributed by atoms with Crippen LogP contribution in [0.1, 0.15) is 52.7 Å². The van der Waals surface area contributed by atoms with Crippen LogP contribution in [0.2, 0.25) is 0 Å². The first-order valence-electron chi connectivity index (χ1n) is 26.2. The Morgan fingerprint density at radius 3 is 1.34 bits per heavy atom. The number of anilines is 6. The molecule has 0 unspecified atom stereocenters. The van der Waals surface area contributed by atoms with Gasteiger partial charge < -0.3 is 23.1 Å². The molecule has 0 N–H and O–H groups in total. The number of para-hydroxylation sites is 6. The summed E-state index contributed by atoms with van der Waals surface area (Å²) in [6.45, 7) is 13.5. The van der Waals surface area contributed by atoms with Gasteiger partial charge in [-0.1, -0.05) is 151 Å². The van der Waals surface area contributed by atoms with Crippen molar-refractivity contribution in [3.8, 4) is 0 Å². The van der Waals surface area contributed by atoms with Gasteiger partial charge in [0.15, 0.2) is 11.2 Å². The van der Waals surface area contributed by atoms with Gasteiger partial charge in [-0.05, 0) is 129 Å². The Hall–Kier alpha value is -8.84. The molecule has 0 fully saturated rings. The van der Waals surface area contributed by atoms with Crippen molar-refractivity contribution in [3.63, 3.8) is 0 Å². The van der Waals surface area contributed by atoms with E-state index in [1.54, 1.807) is 0 Å². The third-order valence-corrected chi connectivity index (χ3v) is 16.8. The summed E-state index contributed by atoms with van der Waals surface area (Å²) < 4.78 is 23.2. The van der Waals surface area contributed by atoms with Crippen LogP contribution in [-0.4, -0.2) is 0 Å². The Balaban J connectivity index is 0.850. The zero-order valence-corrected chi connectivity index (χ0v) is 44.0. The molecule has 0 saturated heterocycles. The molecule has 4 aromatic heterocycles. The van der Waals surface area contributed by atoms with Crippen molar-refractivity contribution in [2.45, 2.75) is 52.4 Å². The summed E-state index contributed by atoms with van der Waals surface area (Å²) in [7, 11) is 0. The minimum absolute atomic E-state index is 0.0723. The monoisotopic (exact) mass is 1000 g/mol. The van der Waals surface area contributed by atoms with Crippen molar-refractivity contribution in [1.29, 1.82) is 0 Å². The van der Waals surface area contributed by atoms with Gasteiger partial charge in [0.2, 0.25) is 0 Å². The summed E-state index contributed by atoms with van der Waals surface area (Å²) in [5, 5.41) is 13.9. The Morgan fingerprint density at radius 2 is 0.816 bits per heavy atom. The second-order valence-electron chi connectivity index (χ2n) is 22.5. The zero-order valence-electron chi connectivity index (χ0n) is 43.2. The predicted molar refractivity (Wildman–Crippen MR) is 323 cm³/mol. The van der Waals surface area contributed by atoms with Gasteiger partial charge in [0.25, 0.3) is 0 Å². The highest BCUT2D eigenvalue weighted by molar-refractivity contribution is 7.26. The molecular weight excluding hydrogens is 949 g/mol. The van der Waals surface area contributed by atoms with Gasteiger partial charge in [-0.2, -0.15) is 0 Å². The van der Waals surface area contributed by atoms with Crippen molar-refractivity contribution in [3.05, 3.63) is 217 Å². The first kappa shape index (κ1) is 44.6. The smallest absolute Gasteiger partial charge is 0.159 e. The van der Waals surface area contributed by atoms with E-state index in [0.717, 1.165) is 111 Å². The maximum absolute atomic E-state index is 6.95. The number of benzene rings is 11. The summed E-state index contributed by atoms with van der Waals surface area (Å²) in [5.41, 5.74) is 13.9. The van der Waals surface area contributed by atoms with Gasteiger partial charge in [0.05, 0.1) is 11.4 Å². The Kier molecular flexibility index (Phi) is 9.59. The Labute approximate surface area is 443 Å². The number of furan rings is 3. The van der Waals surface area contributed by atoms with Crippen molar-refractivity contribution in [2.75, 3.05) is 9.80 Å². The molecule has 0 bridgehead atoms. The minimum Gasteiger partial charge on any atom is -0.456 e. The van der Waals surface area contributed by atoms with Crippen LogP contribution in [0, 0.1) is 0 Å². The van der Waals surface area contributed by atoms with E-state index >= 15 is 0 Å². The SMILES string of the molecule is CC(C)(C)c1cccc2c1oc1c(N(c3ccccc3)c3ccc4cc5c(cc4c3)oc3ccc4c6cc7ccc(N(c8ccccc8)c8cccc9c8oc8c(C(C)(C)C)cccc89)cc7cc6sc4c35)cccc12. The number of hydrogen-bond acceptors (Lipinski definition) is 6. The van der Waals surface area contributed by atoms with Crippen molar-refractivity contribution < 1.29 is 13.3 Å². The molecule has 6 heteroatoms. The van der Waals surface area contributed by atoms with Crippen molar-refractivity contribution in [1.82, 2.24) is 0 Å². The van der Waals surface area contributed by atoms with Gasteiger partial charge in [-0.3, -0.25) is 0 Å². The van der Waals surface area contributed by atoms with Crippen LogP contribution in [0.25, 0.3) is 108 Å². The van der Waals surface area contributed by atoms with E-state index in [0.29, 0.717) is 0 Å². The highest BCUT2D eigenvalue weighted by Gasteiger charge is 2.27. The molecule has 76 heavy (non-hydrogen) atoms. The quantitative estimate of drug-likeness (QED) is 0.166. The van der Waals surface area contributed by atoms with E-state index < -0.39 is 0 Å². The van der Waals surface area contributed by atoms with Crippen LogP contribution < -0.4 is 9.80 Å². The lowest BCUT2D eigenvalue weighted by atomic mass is 9.86. The summed E-state index contributed by atoms with van der Waals surface area (Å²) in [5.74, 6) is 0. The molecule has 0 aliphatic rings. The topological polar surface area (TPSA) is 45.9 Å². The summed E-state index contributed by atoms with van der Waals surface area (Å²) in [6.07, 6.45) is 0. The fourth-order valence-electron chi connectivity index (χ4n) is 12.0. The molecule has 0 amide bonds. The van der Waals surface area contributed by atoms with Gasteiger partial charge in [-0.25, -0.2) is 0 Å². The molecule has 5 nitrogen and oxygen atoms in total. The van der Waals surface area contributed by atoms with Gasteiger partial charge in [0.1, 0.15) is 22.3 Å². The minimum atomic E-state index is -0.0757. The normalized spacial score (nSPS) is 12.6. The summed E-state index contributed by atoms with van der Waals surface area (Å²) in [6, 6.07) is 74.6. The van der Waals surface area contributed by atoms with E-state index in [9.17, 15) is 0 Å². The van der Waals surface area contributed by atoms with Crippen molar-refractivity contribution in [2.24, 2.45) is 0 Å². The largest absolute Gasteiger partial charge is 0.456 e. The molecule has 0 saturated carbocycles. The number of hydrogen-bond donors (Lipinski definition) is 0. The Morgan fingerprint density at radius 1 is 0.329 bits per heavy atom. The van der Waals surface area contributed by atoms with Gasteiger partial charge >= 0.3 is 0 Å². The highest BCUT2D eigenvalue weighted by atomic mass is 32.1. The first-order valence-corrected chi connectivity index (χ1v) is 27.0. The van der Waals surface area contributed by atoms with Crippen LogP contribution in [0.4, 0.5) is 34.1 Å². The Bertz CT molecular complexity index is 4850. The van der Waals surface area contributed by atoms with Gasteiger partial charge in [0, 0.05) is 86.4 Å². The molecular formula is C70H52N2O3S. The lowest BCUT2D eigenvalue weighted by Gasteiger charge is -2.26. The molecule has 0 aliphatic heterocycles. The molecule has 15 aromatic rings. The third kappa shape index (κ3) is 6.83. The van der Waals surface area contributed by atoms with E-state index in [1.165, 1.54) is 42.1 Å².